The summed E-state index contributed by atoms with van der Waals surface area (Å²) in [5.41, 5.74) is 0.929. The van der Waals surface area contributed by atoms with E-state index in [1.807, 2.05) is 42.5 Å². The molecule has 15 heavy (non-hydrogen) atoms. The lowest BCUT2D eigenvalue weighted by Crippen LogP contribution is -1.98. The average Bonchev–Trinajstić information content (AvgIpc) is 2.31. The van der Waals surface area contributed by atoms with Crippen LogP contribution in [0.2, 0.25) is 0 Å². The third kappa shape index (κ3) is 1.70. The van der Waals surface area contributed by atoms with Crippen molar-refractivity contribution in [3.05, 3.63) is 48.0 Å². The zero-order chi connectivity index (χ0) is 10.7. The molecule has 0 fully saturated rings. The van der Waals surface area contributed by atoms with Crippen molar-refractivity contribution in [3.8, 4) is 6.07 Å². The van der Waals surface area contributed by atoms with E-state index in [2.05, 4.69) is 6.07 Å². The van der Waals surface area contributed by atoms with E-state index in [1.54, 1.807) is 7.11 Å². The predicted molar refractivity (Wildman–Crippen MR) is 59.3 cm³/mol. The SMILES string of the molecule is COC(C#N)c1cccc2ccccc12. The third-order valence-corrected chi connectivity index (χ3v) is 2.46. The standard InChI is InChI=1S/C13H11NO/c1-15-13(9-14)12-8-4-6-10-5-2-3-7-11(10)12/h2-8,13H,1H3. The van der Waals surface area contributed by atoms with E-state index in [9.17, 15) is 0 Å². The van der Waals surface area contributed by atoms with Crippen LogP contribution >= 0.6 is 0 Å². The lowest BCUT2D eigenvalue weighted by molar-refractivity contribution is 0.150. The van der Waals surface area contributed by atoms with E-state index in [-0.39, 0.29) is 0 Å². The van der Waals surface area contributed by atoms with Crippen LogP contribution in [0, 0.1) is 11.3 Å². The van der Waals surface area contributed by atoms with E-state index in [0.717, 1.165) is 16.3 Å². The molecule has 0 aliphatic carbocycles. The first kappa shape index (κ1) is 9.70. The maximum absolute atomic E-state index is 8.96. The Morgan fingerprint density at radius 1 is 1.13 bits per heavy atom. The fraction of sp³-hybridized carbons (Fsp3) is 0.154. The highest BCUT2D eigenvalue weighted by Gasteiger charge is 2.11. The summed E-state index contributed by atoms with van der Waals surface area (Å²) in [6.45, 7) is 0. The monoisotopic (exact) mass is 197 g/mol. The highest BCUT2D eigenvalue weighted by atomic mass is 16.5. The number of ether oxygens (including phenoxy) is 1. The molecule has 0 N–H and O–H groups in total. The van der Waals surface area contributed by atoms with Crippen LogP contribution in [0.4, 0.5) is 0 Å². The first-order valence-electron chi connectivity index (χ1n) is 4.77. The Balaban J connectivity index is 2.66. The fourth-order valence-corrected chi connectivity index (χ4v) is 1.73. The smallest absolute Gasteiger partial charge is 0.169 e. The minimum Gasteiger partial charge on any atom is -0.362 e. The molecule has 1 atom stereocenters. The number of hydrogen-bond donors (Lipinski definition) is 0. The average molecular weight is 197 g/mol. The van der Waals surface area contributed by atoms with Crippen LogP contribution in [-0.2, 0) is 4.74 Å². The molecule has 0 aromatic heterocycles. The molecule has 0 aliphatic rings. The summed E-state index contributed by atoms with van der Waals surface area (Å²) >= 11 is 0. The number of benzene rings is 2. The van der Waals surface area contributed by atoms with Crippen LogP contribution in [0.15, 0.2) is 42.5 Å². The Kier molecular flexibility index (Phi) is 2.66. The van der Waals surface area contributed by atoms with Gasteiger partial charge in [-0.25, -0.2) is 0 Å². The normalized spacial score (nSPS) is 12.3. The van der Waals surface area contributed by atoms with Crippen molar-refractivity contribution < 1.29 is 4.74 Å². The molecule has 1 unspecified atom stereocenters. The Morgan fingerprint density at radius 2 is 1.87 bits per heavy atom. The first-order valence-corrected chi connectivity index (χ1v) is 4.77. The van der Waals surface area contributed by atoms with Gasteiger partial charge in [0, 0.05) is 12.7 Å². The van der Waals surface area contributed by atoms with Crippen molar-refractivity contribution in [3.63, 3.8) is 0 Å². The molecule has 0 saturated carbocycles. The molecule has 0 spiro atoms. The molecule has 2 rings (SSSR count). The molecular formula is C13H11NO. The number of nitriles is 1. The number of rotatable bonds is 2. The summed E-state index contributed by atoms with van der Waals surface area (Å²) in [4.78, 5) is 0. The molecular weight excluding hydrogens is 186 g/mol. The molecule has 0 radical (unpaired) electrons. The molecule has 2 nitrogen and oxygen atoms in total. The highest BCUT2D eigenvalue weighted by Crippen LogP contribution is 2.25. The Bertz CT molecular complexity index is 508. The van der Waals surface area contributed by atoms with E-state index < -0.39 is 6.10 Å². The van der Waals surface area contributed by atoms with Gasteiger partial charge in [-0.15, -0.1) is 0 Å². The largest absolute Gasteiger partial charge is 0.362 e. The van der Waals surface area contributed by atoms with Crippen molar-refractivity contribution in [2.45, 2.75) is 6.10 Å². The number of fused-ring (bicyclic) bond motifs is 1. The summed E-state index contributed by atoms with van der Waals surface area (Å²) in [5.74, 6) is 0. The number of nitrogens with zero attached hydrogens (tertiary/aromatic N) is 1. The number of methoxy groups -OCH3 is 1. The Hall–Kier alpha value is -1.85. The van der Waals surface area contributed by atoms with Crippen molar-refractivity contribution in [2.24, 2.45) is 0 Å². The Labute approximate surface area is 88.7 Å². The van der Waals surface area contributed by atoms with Gasteiger partial charge in [0.05, 0.1) is 6.07 Å². The lowest BCUT2D eigenvalue weighted by atomic mass is 10.0. The topological polar surface area (TPSA) is 33.0 Å². The Morgan fingerprint density at radius 3 is 2.60 bits per heavy atom. The van der Waals surface area contributed by atoms with Crippen molar-refractivity contribution in [1.82, 2.24) is 0 Å². The molecule has 0 bridgehead atoms. The molecule has 0 aliphatic heterocycles. The van der Waals surface area contributed by atoms with Gasteiger partial charge < -0.3 is 4.74 Å². The number of hydrogen-bond acceptors (Lipinski definition) is 2. The van der Waals surface area contributed by atoms with Crippen molar-refractivity contribution >= 4 is 10.8 Å². The van der Waals surface area contributed by atoms with E-state index in [1.165, 1.54) is 0 Å². The zero-order valence-electron chi connectivity index (χ0n) is 8.47. The predicted octanol–water partition coefficient (Wildman–Crippen LogP) is 3.05. The van der Waals surface area contributed by atoms with Crippen LogP contribution in [0.5, 0.6) is 0 Å². The summed E-state index contributed by atoms with van der Waals surface area (Å²) < 4.78 is 5.13. The van der Waals surface area contributed by atoms with E-state index in [4.69, 9.17) is 10.00 Å². The molecule has 74 valence electrons. The lowest BCUT2D eigenvalue weighted by Gasteiger charge is -2.10. The van der Waals surface area contributed by atoms with E-state index >= 15 is 0 Å². The van der Waals surface area contributed by atoms with E-state index in [0.29, 0.717) is 0 Å². The van der Waals surface area contributed by atoms with Gasteiger partial charge >= 0.3 is 0 Å². The van der Waals surface area contributed by atoms with Crippen LogP contribution < -0.4 is 0 Å². The fourth-order valence-electron chi connectivity index (χ4n) is 1.73. The maximum atomic E-state index is 8.96. The highest BCUT2D eigenvalue weighted by molar-refractivity contribution is 5.86. The summed E-state index contributed by atoms with van der Waals surface area (Å²) in [6.07, 6.45) is -0.490. The quantitative estimate of drug-likeness (QED) is 0.741. The molecule has 2 aromatic carbocycles. The second kappa shape index (κ2) is 4.12. The van der Waals surface area contributed by atoms with Crippen LogP contribution in [-0.4, -0.2) is 7.11 Å². The van der Waals surface area contributed by atoms with Gasteiger partial charge in [-0.2, -0.15) is 5.26 Å². The maximum Gasteiger partial charge on any atom is 0.169 e. The van der Waals surface area contributed by atoms with Crippen molar-refractivity contribution in [1.29, 1.82) is 5.26 Å². The molecule has 0 saturated heterocycles. The van der Waals surface area contributed by atoms with Gasteiger partial charge in [0.15, 0.2) is 6.10 Å². The summed E-state index contributed by atoms with van der Waals surface area (Å²) in [7, 11) is 1.55. The molecule has 0 heterocycles. The second-order valence-corrected chi connectivity index (χ2v) is 3.31. The van der Waals surface area contributed by atoms with Crippen LogP contribution in [0.25, 0.3) is 10.8 Å². The third-order valence-electron chi connectivity index (χ3n) is 2.46. The molecule has 2 aromatic rings. The van der Waals surface area contributed by atoms with Gasteiger partial charge in [-0.3, -0.25) is 0 Å². The minimum absolute atomic E-state index is 0.490. The van der Waals surface area contributed by atoms with Gasteiger partial charge in [-0.05, 0) is 10.8 Å². The second-order valence-electron chi connectivity index (χ2n) is 3.31. The first-order chi connectivity index (χ1) is 7.36. The van der Waals surface area contributed by atoms with Gasteiger partial charge in [0.1, 0.15) is 0 Å². The summed E-state index contributed by atoms with van der Waals surface area (Å²) in [6, 6.07) is 16.0. The van der Waals surface area contributed by atoms with Crippen LogP contribution in [0.1, 0.15) is 11.7 Å². The molecule has 2 heteroatoms. The molecule has 0 amide bonds. The van der Waals surface area contributed by atoms with Crippen molar-refractivity contribution in [2.75, 3.05) is 7.11 Å². The van der Waals surface area contributed by atoms with Gasteiger partial charge in [-0.1, -0.05) is 42.5 Å². The summed E-state index contributed by atoms with van der Waals surface area (Å²) in [5, 5.41) is 11.2. The van der Waals surface area contributed by atoms with Crippen LogP contribution in [0.3, 0.4) is 0 Å². The zero-order valence-corrected chi connectivity index (χ0v) is 8.47. The minimum atomic E-state index is -0.490. The van der Waals surface area contributed by atoms with Gasteiger partial charge in [0.25, 0.3) is 0 Å². The van der Waals surface area contributed by atoms with Gasteiger partial charge in [0.2, 0.25) is 0 Å².